The average Bonchev–Trinajstić information content (AvgIpc) is 3.21. The lowest BCUT2D eigenvalue weighted by Crippen LogP contribution is -2.02. The van der Waals surface area contributed by atoms with Gasteiger partial charge in [0.2, 0.25) is 0 Å². The number of imidazole rings is 1. The summed E-state index contributed by atoms with van der Waals surface area (Å²) in [5, 5.41) is 3.93. The largest absolute Gasteiger partial charge is 0.497 e. The molecule has 0 radical (unpaired) electrons. The zero-order chi connectivity index (χ0) is 16.2. The van der Waals surface area contributed by atoms with E-state index in [2.05, 4.69) is 15.1 Å². The Morgan fingerprint density at radius 3 is 2.83 bits per heavy atom. The predicted octanol–water partition coefficient (Wildman–Crippen LogP) is 2.64. The second kappa shape index (κ2) is 6.62. The van der Waals surface area contributed by atoms with E-state index in [9.17, 15) is 0 Å². The van der Waals surface area contributed by atoms with Gasteiger partial charge in [0.05, 0.1) is 25.1 Å². The first-order chi connectivity index (χ1) is 11.3. The van der Waals surface area contributed by atoms with Gasteiger partial charge in [-0.1, -0.05) is 18.1 Å². The molecule has 0 saturated carbocycles. The maximum Gasteiger partial charge on any atom is 0.278 e. The summed E-state index contributed by atoms with van der Waals surface area (Å²) in [5.41, 5.74) is 2.39. The van der Waals surface area contributed by atoms with Crippen LogP contribution >= 0.6 is 0 Å². The topological polar surface area (TPSA) is 75.2 Å². The van der Waals surface area contributed by atoms with Gasteiger partial charge in [-0.05, 0) is 12.1 Å². The standard InChI is InChI=1S/C16H18N4O3/c1-4-14-18-16(23-19-14)15-13(9-21-2)20(10-17-15)11-6-5-7-12(8-11)22-3/h5-8,10H,4,9H2,1-3H3. The second-order valence-corrected chi connectivity index (χ2v) is 4.91. The summed E-state index contributed by atoms with van der Waals surface area (Å²) < 4.78 is 17.8. The molecule has 0 unspecified atom stereocenters. The highest BCUT2D eigenvalue weighted by Gasteiger charge is 2.19. The molecule has 0 fully saturated rings. The summed E-state index contributed by atoms with van der Waals surface area (Å²) in [6.45, 7) is 2.34. The molecule has 120 valence electrons. The molecule has 0 aliphatic rings. The molecule has 0 aliphatic carbocycles. The van der Waals surface area contributed by atoms with Crippen LogP contribution in [0.25, 0.3) is 17.3 Å². The number of hydrogen-bond acceptors (Lipinski definition) is 6. The minimum atomic E-state index is 0.371. The van der Waals surface area contributed by atoms with Crippen molar-refractivity contribution in [1.29, 1.82) is 0 Å². The Labute approximate surface area is 133 Å². The van der Waals surface area contributed by atoms with Crippen molar-refractivity contribution in [1.82, 2.24) is 19.7 Å². The van der Waals surface area contributed by atoms with E-state index in [1.807, 2.05) is 35.8 Å². The third-order valence-corrected chi connectivity index (χ3v) is 3.47. The smallest absolute Gasteiger partial charge is 0.278 e. The van der Waals surface area contributed by atoms with Crippen molar-refractivity contribution >= 4 is 0 Å². The highest BCUT2D eigenvalue weighted by molar-refractivity contribution is 5.54. The van der Waals surface area contributed by atoms with Crippen molar-refractivity contribution in [3.05, 3.63) is 42.1 Å². The van der Waals surface area contributed by atoms with E-state index in [0.29, 0.717) is 30.4 Å². The normalized spacial score (nSPS) is 10.9. The Bertz CT molecular complexity index is 794. The van der Waals surface area contributed by atoms with Crippen molar-refractivity contribution < 1.29 is 14.0 Å². The first-order valence-electron chi connectivity index (χ1n) is 7.29. The summed E-state index contributed by atoms with van der Waals surface area (Å²) >= 11 is 0. The van der Waals surface area contributed by atoms with Crippen LogP contribution in [0.4, 0.5) is 0 Å². The van der Waals surface area contributed by atoms with E-state index < -0.39 is 0 Å². The van der Waals surface area contributed by atoms with Gasteiger partial charge in [0.25, 0.3) is 5.89 Å². The zero-order valence-corrected chi connectivity index (χ0v) is 13.3. The molecule has 7 heteroatoms. The lowest BCUT2D eigenvalue weighted by molar-refractivity contribution is 0.180. The van der Waals surface area contributed by atoms with Gasteiger partial charge in [-0.25, -0.2) is 4.98 Å². The molecule has 2 heterocycles. The van der Waals surface area contributed by atoms with E-state index in [1.165, 1.54) is 0 Å². The number of aryl methyl sites for hydroxylation is 1. The Hall–Kier alpha value is -2.67. The van der Waals surface area contributed by atoms with Gasteiger partial charge in [-0.15, -0.1) is 0 Å². The number of methoxy groups -OCH3 is 2. The van der Waals surface area contributed by atoms with E-state index in [0.717, 1.165) is 17.1 Å². The van der Waals surface area contributed by atoms with Crippen LogP contribution in [0.5, 0.6) is 5.75 Å². The van der Waals surface area contributed by atoms with Crippen LogP contribution in [0, 0.1) is 0 Å². The Balaban J connectivity index is 2.07. The molecule has 0 saturated heterocycles. The van der Waals surface area contributed by atoms with Gasteiger partial charge in [0.15, 0.2) is 11.5 Å². The zero-order valence-electron chi connectivity index (χ0n) is 13.3. The number of nitrogens with zero attached hydrogens (tertiary/aromatic N) is 4. The molecule has 0 spiro atoms. The van der Waals surface area contributed by atoms with Gasteiger partial charge in [-0.2, -0.15) is 4.98 Å². The van der Waals surface area contributed by atoms with Crippen molar-refractivity contribution in [3.8, 4) is 23.0 Å². The lowest BCUT2D eigenvalue weighted by Gasteiger charge is -2.09. The molecular weight excluding hydrogens is 296 g/mol. The van der Waals surface area contributed by atoms with Gasteiger partial charge in [0, 0.05) is 19.6 Å². The van der Waals surface area contributed by atoms with Crippen molar-refractivity contribution in [2.24, 2.45) is 0 Å². The molecule has 0 atom stereocenters. The van der Waals surface area contributed by atoms with E-state index in [-0.39, 0.29) is 0 Å². The van der Waals surface area contributed by atoms with Crippen LogP contribution in [-0.2, 0) is 17.8 Å². The van der Waals surface area contributed by atoms with Crippen molar-refractivity contribution in [2.75, 3.05) is 14.2 Å². The number of rotatable bonds is 6. The molecule has 1 aromatic carbocycles. The predicted molar refractivity (Wildman–Crippen MR) is 83.5 cm³/mol. The SMILES string of the molecule is CCc1noc(-c2ncn(-c3cccc(OC)c3)c2COC)n1. The summed E-state index contributed by atoms with van der Waals surface area (Å²) in [4.78, 5) is 8.78. The van der Waals surface area contributed by atoms with Crippen LogP contribution in [0.3, 0.4) is 0 Å². The maximum atomic E-state index is 5.32. The summed E-state index contributed by atoms with van der Waals surface area (Å²) in [7, 11) is 3.28. The summed E-state index contributed by atoms with van der Waals surface area (Å²) in [5.74, 6) is 1.82. The average molecular weight is 314 g/mol. The highest BCUT2D eigenvalue weighted by Crippen LogP contribution is 2.25. The van der Waals surface area contributed by atoms with E-state index >= 15 is 0 Å². The Morgan fingerprint density at radius 1 is 1.26 bits per heavy atom. The molecule has 7 nitrogen and oxygen atoms in total. The number of ether oxygens (including phenoxy) is 2. The Kier molecular flexibility index (Phi) is 4.38. The fourth-order valence-electron chi connectivity index (χ4n) is 2.30. The van der Waals surface area contributed by atoms with Crippen LogP contribution in [0.15, 0.2) is 35.1 Å². The fraction of sp³-hybridized carbons (Fsp3) is 0.312. The molecule has 3 rings (SSSR count). The summed E-state index contributed by atoms with van der Waals surface area (Å²) in [6.07, 6.45) is 2.42. The number of aromatic nitrogens is 4. The second-order valence-electron chi connectivity index (χ2n) is 4.91. The molecule has 0 N–H and O–H groups in total. The molecule has 0 amide bonds. The monoisotopic (exact) mass is 314 g/mol. The third kappa shape index (κ3) is 2.95. The quantitative estimate of drug-likeness (QED) is 0.696. The van der Waals surface area contributed by atoms with E-state index in [4.69, 9.17) is 14.0 Å². The van der Waals surface area contributed by atoms with Crippen molar-refractivity contribution in [3.63, 3.8) is 0 Å². The Morgan fingerprint density at radius 2 is 2.13 bits per heavy atom. The molecule has 23 heavy (non-hydrogen) atoms. The van der Waals surface area contributed by atoms with Crippen LogP contribution in [0.1, 0.15) is 18.4 Å². The number of hydrogen-bond donors (Lipinski definition) is 0. The minimum Gasteiger partial charge on any atom is -0.497 e. The molecule has 3 aromatic rings. The van der Waals surface area contributed by atoms with Gasteiger partial charge >= 0.3 is 0 Å². The van der Waals surface area contributed by atoms with Crippen LogP contribution in [-0.4, -0.2) is 33.9 Å². The summed E-state index contributed by atoms with van der Waals surface area (Å²) in [6, 6.07) is 7.71. The maximum absolute atomic E-state index is 5.32. The van der Waals surface area contributed by atoms with Gasteiger partial charge in [-0.3, -0.25) is 4.57 Å². The van der Waals surface area contributed by atoms with Crippen LogP contribution in [0.2, 0.25) is 0 Å². The van der Waals surface area contributed by atoms with Gasteiger partial charge in [0.1, 0.15) is 12.1 Å². The minimum absolute atomic E-state index is 0.371. The molecule has 0 aliphatic heterocycles. The number of benzene rings is 1. The highest BCUT2D eigenvalue weighted by atomic mass is 16.5. The molecule has 0 bridgehead atoms. The molecule has 2 aromatic heterocycles. The van der Waals surface area contributed by atoms with Gasteiger partial charge < -0.3 is 14.0 Å². The van der Waals surface area contributed by atoms with Crippen molar-refractivity contribution in [2.45, 2.75) is 20.0 Å². The lowest BCUT2D eigenvalue weighted by atomic mass is 10.2. The fourth-order valence-corrected chi connectivity index (χ4v) is 2.30. The first-order valence-corrected chi connectivity index (χ1v) is 7.29. The molecular formula is C16H18N4O3. The first kappa shape index (κ1) is 15.2. The van der Waals surface area contributed by atoms with E-state index in [1.54, 1.807) is 20.5 Å². The third-order valence-electron chi connectivity index (χ3n) is 3.47. The van der Waals surface area contributed by atoms with Crippen LogP contribution < -0.4 is 4.74 Å².